The number of carbonyl (C=O) groups is 3. The Morgan fingerprint density at radius 2 is 1.64 bits per heavy atom. The first-order valence-electron chi connectivity index (χ1n) is 8.46. The molecule has 0 saturated carbocycles. The van der Waals surface area contributed by atoms with E-state index in [2.05, 4.69) is 10.6 Å². The van der Waals surface area contributed by atoms with Crippen LogP contribution < -0.4 is 10.6 Å². The molecule has 25 heavy (non-hydrogen) atoms. The van der Waals surface area contributed by atoms with Crippen molar-refractivity contribution in [1.82, 2.24) is 10.6 Å². The molecule has 0 heterocycles. The highest BCUT2D eigenvalue weighted by atomic mass is 16.5. The number of fused-ring (bicyclic) bond motifs is 1. The Morgan fingerprint density at radius 3 is 2.20 bits per heavy atom. The molecular weight excluding hydrogens is 324 g/mol. The number of rotatable bonds is 7. The SMILES string of the molecule is CCOC(=O)NCCC(=O)NC1(C(=O)OCC)Cc2ccccc2C1. The van der Waals surface area contributed by atoms with Gasteiger partial charge < -0.3 is 20.1 Å². The van der Waals surface area contributed by atoms with E-state index in [1.807, 2.05) is 24.3 Å². The molecule has 0 radical (unpaired) electrons. The van der Waals surface area contributed by atoms with E-state index in [-0.39, 0.29) is 32.1 Å². The highest BCUT2D eigenvalue weighted by Gasteiger charge is 2.46. The van der Waals surface area contributed by atoms with Gasteiger partial charge in [0, 0.05) is 25.8 Å². The maximum atomic E-state index is 12.5. The maximum absolute atomic E-state index is 12.5. The molecule has 0 fully saturated rings. The van der Waals surface area contributed by atoms with E-state index in [1.54, 1.807) is 13.8 Å². The Labute approximate surface area is 147 Å². The van der Waals surface area contributed by atoms with E-state index >= 15 is 0 Å². The topological polar surface area (TPSA) is 93.7 Å². The van der Waals surface area contributed by atoms with Gasteiger partial charge >= 0.3 is 12.1 Å². The van der Waals surface area contributed by atoms with Crippen LogP contribution in [0, 0.1) is 0 Å². The number of ether oxygens (including phenoxy) is 2. The summed E-state index contributed by atoms with van der Waals surface area (Å²) >= 11 is 0. The quantitative estimate of drug-likeness (QED) is 0.725. The van der Waals surface area contributed by atoms with Crippen molar-refractivity contribution >= 4 is 18.0 Å². The molecule has 0 aromatic heterocycles. The van der Waals surface area contributed by atoms with Crippen LogP contribution in [-0.2, 0) is 31.9 Å². The smallest absolute Gasteiger partial charge is 0.407 e. The molecule has 0 saturated heterocycles. The minimum absolute atomic E-state index is 0.0519. The van der Waals surface area contributed by atoms with Crippen LogP contribution in [0.5, 0.6) is 0 Å². The number of carbonyl (C=O) groups excluding carboxylic acids is 3. The summed E-state index contributed by atoms with van der Waals surface area (Å²) in [4.78, 5) is 36.0. The number of hydrogen-bond donors (Lipinski definition) is 2. The van der Waals surface area contributed by atoms with Gasteiger partial charge in [-0.1, -0.05) is 24.3 Å². The van der Waals surface area contributed by atoms with Gasteiger partial charge in [0.25, 0.3) is 0 Å². The van der Waals surface area contributed by atoms with E-state index in [0.717, 1.165) is 11.1 Å². The zero-order valence-electron chi connectivity index (χ0n) is 14.6. The van der Waals surface area contributed by atoms with E-state index in [1.165, 1.54) is 0 Å². The number of hydrogen-bond acceptors (Lipinski definition) is 5. The van der Waals surface area contributed by atoms with Crippen molar-refractivity contribution in [2.75, 3.05) is 19.8 Å². The van der Waals surface area contributed by atoms with Crippen molar-refractivity contribution in [1.29, 1.82) is 0 Å². The molecule has 1 aliphatic carbocycles. The summed E-state index contributed by atoms with van der Waals surface area (Å²) in [5.74, 6) is -0.754. The second-order valence-corrected chi connectivity index (χ2v) is 5.87. The van der Waals surface area contributed by atoms with Crippen molar-refractivity contribution in [3.05, 3.63) is 35.4 Å². The fraction of sp³-hybridized carbons (Fsp3) is 0.500. The standard InChI is InChI=1S/C18H24N2O5/c1-3-24-16(22)18(11-13-7-5-6-8-14(13)12-18)20-15(21)9-10-19-17(23)25-4-2/h5-8H,3-4,9-12H2,1-2H3,(H,19,23)(H,20,21). The summed E-state index contributed by atoms with van der Waals surface area (Å²) in [5.41, 5.74) is 0.974. The Balaban J connectivity index is 2.00. The Kier molecular flexibility index (Phi) is 6.38. The normalized spacial score (nSPS) is 14.3. The van der Waals surface area contributed by atoms with Gasteiger partial charge in [0.15, 0.2) is 0 Å². The lowest BCUT2D eigenvalue weighted by molar-refractivity contribution is -0.153. The number of amides is 2. The Hall–Kier alpha value is -2.57. The summed E-state index contributed by atoms with van der Waals surface area (Å²) < 4.78 is 9.93. The molecule has 1 aromatic rings. The third-order valence-electron chi connectivity index (χ3n) is 4.04. The first-order valence-corrected chi connectivity index (χ1v) is 8.46. The molecule has 0 spiro atoms. The molecule has 7 nitrogen and oxygen atoms in total. The minimum atomic E-state index is -1.08. The third-order valence-corrected chi connectivity index (χ3v) is 4.04. The molecule has 7 heteroatoms. The number of nitrogens with one attached hydrogen (secondary N) is 2. The number of esters is 1. The maximum Gasteiger partial charge on any atom is 0.407 e. The lowest BCUT2D eigenvalue weighted by Gasteiger charge is -2.28. The average Bonchev–Trinajstić information content (AvgIpc) is 2.94. The largest absolute Gasteiger partial charge is 0.464 e. The van der Waals surface area contributed by atoms with Crippen molar-refractivity contribution in [3.8, 4) is 0 Å². The van der Waals surface area contributed by atoms with Crippen LogP contribution in [-0.4, -0.2) is 43.3 Å². The third kappa shape index (κ3) is 4.71. The monoisotopic (exact) mass is 348 g/mol. The van der Waals surface area contributed by atoms with Crippen LogP contribution >= 0.6 is 0 Å². The van der Waals surface area contributed by atoms with Crippen LogP contribution in [0.3, 0.4) is 0 Å². The van der Waals surface area contributed by atoms with Gasteiger partial charge in [0.05, 0.1) is 13.2 Å². The second kappa shape index (κ2) is 8.50. The summed E-state index contributed by atoms with van der Waals surface area (Å²) in [6.45, 7) is 4.09. The van der Waals surface area contributed by atoms with Gasteiger partial charge in [-0.05, 0) is 25.0 Å². The Morgan fingerprint density at radius 1 is 1.04 bits per heavy atom. The highest BCUT2D eigenvalue weighted by molar-refractivity contribution is 5.90. The summed E-state index contributed by atoms with van der Waals surface area (Å²) in [7, 11) is 0. The summed E-state index contributed by atoms with van der Waals surface area (Å²) in [6, 6.07) is 7.71. The molecule has 2 rings (SSSR count). The fourth-order valence-corrected chi connectivity index (χ4v) is 2.96. The molecule has 2 N–H and O–H groups in total. The van der Waals surface area contributed by atoms with Crippen LogP contribution in [0.4, 0.5) is 4.79 Å². The van der Waals surface area contributed by atoms with E-state index < -0.39 is 17.6 Å². The number of benzene rings is 1. The van der Waals surface area contributed by atoms with Gasteiger partial charge in [-0.2, -0.15) is 0 Å². The summed E-state index contributed by atoms with van der Waals surface area (Å²) in [5, 5.41) is 5.31. The van der Waals surface area contributed by atoms with Crippen LogP contribution in [0.15, 0.2) is 24.3 Å². The summed E-state index contributed by atoms with van der Waals surface area (Å²) in [6.07, 6.45) is 0.290. The predicted molar refractivity (Wildman–Crippen MR) is 91.0 cm³/mol. The molecule has 0 aliphatic heterocycles. The first-order chi connectivity index (χ1) is 12.0. The number of alkyl carbamates (subject to hydrolysis) is 1. The van der Waals surface area contributed by atoms with Gasteiger partial charge in [0.1, 0.15) is 5.54 Å². The zero-order chi connectivity index (χ0) is 18.3. The molecule has 0 bridgehead atoms. The van der Waals surface area contributed by atoms with Crippen molar-refractivity contribution in [2.24, 2.45) is 0 Å². The van der Waals surface area contributed by atoms with E-state index in [0.29, 0.717) is 12.8 Å². The van der Waals surface area contributed by atoms with Gasteiger partial charge in [-0.3, -0.25) is 4.79 Å². The van der Waals surface area contributed by atoms with Crippen LogP contribution in [0.25, 0.3) is 0 Å². The van der Waals surface area contributed by atoms with Crippen molar-refractivity contribution in [3.63, 3.8) is 0 Å². The minimum Gasteiger partial charge on any atom is -0.464 e. The second-order valence-electron chi connectivity index (χ2n) is 5.87. The van der Waals surface area contributed by atoms with Gasteiger partial charge in [-0.25, -0.2) is 9.59 Å². The molecule has 2 amide bonds. The molecule has 0 unspecified atom stereocenters. The molecule has 1 aromatic carbocycles. The Bertz CT molecular complexity index is 619. The fourth-order valence-electron chi connectivity index (χ4n) is 2.96. The van der Waals surface area contributed by atoms with E-state index in [4.69, 9.17) is 9.47 Å². The van der Waals surface area contributed by atoms with Gasteiger partial charge in [-0.15, -0.1) is 0 Å². The van der Waals surface area contributed by atoms with Crippen molar-refractivity contribution in [2.45, 2.75) is 38.6 Å². The molecule has 136 valence electrons. The zero-order valence-corrected chi connectivity index (χ0v) is 14.6. The lowest BCUT2D eigenvalue weighted by atomic mass is 9.95. The van der Waals surface area contributed by atoms with E-state index in [9.17, 15) is 14.4 Å². The van der Waals surface area contributed by atoms with Crippen LogP contribution in [0.1, 0.15) is 31.4 Å². The molecule has 0 atom stereocenters. The van der Waals surface area contributed by atoms with Crippen LogP contribution in [0.2, 0.25) is 0 Å². The lowest BCUT2D eigenvalue weighted by Crippen LogP contribution is -2.56. The average molecular weight is 348 g/mol. The predicted octanol–water partition coefficient (Wildman–Crippen LogP) is 1.34. The van der Waals surface area contributed by atoms with Crippen molar-refractivity contribution < 1.29 is 23.9 Å². The first kappa shape index (κ1) is 18.8. The molecule has 1 aliphatic rings. The molecular formula is C18H24N2O5. The van der Waals surface area contributed by atoms with Gasteiger partial charge in [0.2, 0.25) is 5.91 Å². The highest BCUT2D eigenvalue weighted by Crippen LogP contribution is 2.31.